The zero-order chi connectivity index (χ0) is 19.3. The van der Waals surface area contributed by atoms with Crippen molar-refractivity contribution in [3.05, 3.63) is 40.6 Å². The van der Waals surface area contributed by atoms with Crippen LogP contribution in [0.1, 0.15) is 5.56 Å². The molecule has 0 amide bonds. The third kappa shape index (κ3) is 3.15. The van der Waals surface area contributed by atoms with Gasteiger partial charge >= 0.3 is 6.09 Å². The number of dihydropyridines is 1. The van der Waals surface area contributed by atoms with Gasteiger partial charge in [0.1, 0.15) is 24.1 Å². The molecule has 0 fully saturated rings. The maximum Gasteiger partial charge on any atom is 0.306 e. The van der Waals surface area contributed by atoms with Crippen LogP contribution in [0.25, 0.3) is 0 Å². The van der Waals surface area contributed by atoms with Gasteiger partial charge in [0.25, 0.3) is 0 Å². The molecule has 0 saturated carbocycles. The Labute approximate surface area is 151 Å². The summed E-state index contributed by atoms with van der Waals surface area (Å²) in [4.78, 5) is 12.2. The first-order chi connectivity index (χ1) is 12.7. The Bertz CT molecular complexity index is 1040. The Kier molecular flexibility index (Phi) is 4.13. The minimum absolute atomic E-state index is 0.0319. The van der Waals surface area contributed by atoms with Crippen LogP contribution in [0.2, 0.25) is 0 Å². The second-order valence-electron chi connectivity index (χ2n) is 6.01. The van der Waals surface area contributed by atoms with E-state index in [0.29, 0.717) is 23.4 Å². The fraction of sp³-hybridized carbons (Fsp3) is 0.267. The Morgan fingerprint density at radius 2 is 1.96 bits per heavy atom. The number of aliphatic imine (C=N–C) groups is 3. The predicted octanol–water partition coefficient (Wildman–Crippen LogP) is 0.847. The number of primary sulfonamides is 1. The molecule has 3 aliphatic heterocycles. The van der Waals surface area contributed by atoms with E-state index in [1.165, 1.54) is 11.1 Å². The maximum atomic E-state index is 14.4. The van der Waals surface area contributed by atoms with Crippen LogP contribution in [-0.2, 0) is 21.3 Å². The number of ether oxygens (including phenoxy) is 1. The summed E-state index contributed by atoms with van der Waals surface area (Å²) in [5, 5.41) is 4.91. The lowest BCUT2D eigenvalue weighted by atomic mass is 10.0. The van der Waals surface area contributed by atoms with Crippen LogP contribution in [0.5, 0.6) is 0 Å². The first-order valence-corrected chi connectivity index (χ1v) is 9.20. The van der Waals surface area contributed by atoms with Crippen LogP contribution in [0.15, 0.2) is 43.3 Å². The quantitative estimate of drug-likeness (QED) is 0.760. The van der Waals surface area contributed by atoms with E-state index >= 15 is 0 Å². The molecule has 0 spiro atoms. The minimum atomic E-state index is -4.26. The van der Waals surface area contributed by atoms with Gasteiger partial charge in [-0.2, -0.15) is 4.39 Å². The van der Waals surface area contributed by atoms with E-state index in [1.807, 2.05) is 0 Å². The third-order valence-corrected chi connectivity index (χ3v) is 5.11. The molecule has 3 heterocycles. The predicted molar refractivity (Wildman–Crippen MR) is 89.4 cm³/mol. The number of hydrogen-bond acceptors (Lipinski definition) is 7. The van der Waals surface area contributed by atoms with Crippen LogP contribution >= 0.6 is 0 Å². The normalized spacial score (nSPS) is 21.8. The highest BCUT2D eigenvalue weighted by molar-refractivity contribution is 7.89. The first-order valence-electron chi connectivity index (χ1n) is 7.66. The summed E-state index contributed by atoms with van der Waals surface area (Å²) in [6, 6.07) is 1.30. The van der Waals surface area contributed by atoms with E-state index in [-0.39, 0.29) is 25.6 Å². The number of rotatable bonds is 3. The fourth-order valence-electron chi connectivity index (χ4n) is 3.03. The lowest BCUT2D eigenvalue weighted by molar-refractivity contribution is 0.0429. The summed E-state index contributed by atoms with van der Waals surface area (Å²) in [5.41, 5.74) is 0.851. The number of halogens is 3. The fourth-order valence-corrected chi connectivity index (χ4v) is 3.56. The summed E-state index contributed by atoms with van der Waals surface area (Å²) in [6.45, 7) is -0.156. The van der Waals surface area contributed by atoms with Gasteiger partial charge in [0.15, 0.2) is 6.17 Å². The largest absolute Gasteiger partial charge is 0.356 e. The molecular weight excluding hydrogens is 387 g/mol. The summed E-state index contributed by atoms with van der Waals surface area (Å²) in [7, 11) is -4.26. The van der Waals surface area contributed by atoms with Crippen molar-refractivity contribution < 1.29 is 26.3 Å². The van der Waals surface area contributed by atoms with Crippen molar-refractivity contribution in [3.8, 4) is 0 Å². The molecule has 0 aliphatic carbocycles. The Hall–Kier alpha value is -2.57. The van der Waals surface area contributed by atoms with Crippen molar-refractivity contribution in [3.63, 3.8) is 0 Å². The number of amidine groups is 1. The van der Waals surface area contributed by atoms with Crippen LogP contribution in [0, 0.1) is 11.6 Å². The third-order valence-electron chi connectivity index (χ3n) is 4.22. The van der Waals surface area contributed by atoms with Crippen molar-refractivity contribution in [2.45, 2.75) is 17.6 Å². The van der Waals surface area contributed by atoms with E-state index in [0.717, 1.165) is 0 Å². The summed E-state index contributed by atoms with van der Waals surface area (Å²) in [6.07, 6.45) is -0.310. The van der Waals surface area contributed by atoms with Gasteiger partial charge in [-0.25, -0.2) is 32.3 Å². The van der Waals surface area contributed by atoms with E-state index < -0.39 is 44.4 Å². The molecule has 4 rings (SSSR count). The van der Waals surface area contributed by atoms with Crippen LogP contribution in [0.4, 0.5) is 13.2 Å². The minimum Gasteiger partial charge on any atom is -0.356 e. The first kappa shape index (κ1) is 17.8. The van der Waals surface area contributed by atoms with Crippen molar-refractivity contribution in [1.29, 1.82) is 0 Å². The van der Waals surface area contributed by atoms with E-state index in [4.69, 9.17) is 9.88 Å². The number of hydrogen-bond donors (Lipinski definition) is 1. The highest BCUT2D eigenvalue weighted by Gasteiger charge is 2.35. The van der Waals surface area contributed by atoms with Crippen molar-refractivity contribution in [1.82, 2.24) is 4.90 Å². The smallest absolute Gasteiger partial charge is 0.306 e. The number of nitrogens with zero attached hydrogens (tertiary/aromatic N) is 4. The molecule has 3 aliphatic rings. The van der Waals surface area contributed by atoms with Crippen molar-refractivity contribution >= 4 is 28.0 Å². The molecule has 0 bridgehead atoms. The monoisotopic (exact) mass is 399 g/mol. The molecule has 142 valence electrons. The highest BCUT2D eigenvalue weighted by atomic mass is 32.2. The van der Waals surface area contributed by atoms with Crippen molar-refractivity contribution in [2.75, 3.05) is 13.3 Å². The lowest BCUT2D eigenvalue weighted by Crippen LogP contribution is -2.40. The molecule has 8 nitrogen and oxygen atoms in total. The van der Waals surface area contributed by atoms with Gasteiger partial charge in [0.05, 0.1) is 23.7 Å². The van der Waals surface area contributed by atoms with Gasteiger partial charge in [-0.1, -0.05) is 0 Å². The topological polar surface area (TPSA) is 110 Å². The van der Waals surface area contributed by atoms with Crippen molar-refractivity contribution in [2.24, 2.45) is 20.1 Å². The summed E-state index contributed by atoms with van der Waals surface area (Å²) >= 11 is 0. The molecular formula is C15H12F3N5O3S. The molecule has 12 heteroatoms. The molecule has 1 atom stereocenters. The molecule has 0 radical (unpaired) electrons. The van der Waals surface area contributed by atoms with E-state index in [9.17, 15) is 21.6 Å². The number of nitrogens with two attached hydrogens (primary N) is 1. The number of sulfonamides is 1. The van der Waals surface area contributed by atoms with Gasteiger partial charge in [0.2, 0.25) is 10.0 Å². The van der Waals surface area contributed by atoms with Gasteiger partial charge < -0.3 is 9.64 Å². The Morgan fingerprint density at radius 3 is 2.63 bits per heavy atom. The lowest BCUT2D eigenvalue weighted by Gasteiger charge is -2.35. The average Bonchev–Trinajstić information content (AvgIpc) is 2.97. The standard InChI is InChI=1S/C15H12F3N5O3S/c16-10-1-8(27(19,24)25)2-11(17)9(10)4-23-6-26-5-7-3-20-14-12(13(7)23)21-15(18)22-14/h1-3,14H,4-6H2,(H2,19,24,25). The Morgan fingerprint density at radius 1 is 1.26 bits per heavy atom. The van der Waals surface area contributed by atoms with E-state index in [1.54, 1.807) is 0 Å². The second kappa shape index (κ2) is 6.25. The molecule has 0 aromatic heterocycles. The van der Waals surface area contributed by atoms with Crippen LogP contribution < -0.4 is 5.14 Å². The van der Waals surface area contributed by atoms with Gasteiger partial charge in [-0.05, 0) is 12.1 Å². The number of benzene rings is 1. The molecule has 1 aromatic rings. The van der Waals surface area contributed by atoms with Gasteiger partial charge in [-0.3, -0.25) is 4.99 Å². The average molecular weight is 399 g/mol. The molecule has 27 heavy (non-hydrogen) atoms. The summed E-state index contributed by atoms with van der Waals surface area (Å²) < 4.78 is 70.2. The molecule has 1 aromatic carbocycles. The van der Waals surface area contributed by atoms with Crippen LogP contribution in [0.3, 0.4) is 0 Å². The Balaban J connectivity index is 1.71. The van der Waals surface area contributed by atoms with E-state index in [2.05, 4.69) is 15.0 Å². The molecule has 1 unspecified atom stereocenters. The zero-order valence-electron chi connectivity index (χ0n) is 13.6. The zero-order valence-corrected chi connectivity index (χ0v) is 14.4. The maximum absolute atomic E-state index is 14.4. The molecule has 0 saturated heterocycles. The van der Waals surface area contributed by atoms with Crippen LogP contribution in [-0.4, -0.2) is 50.8 Å². The highest BCUT2D eigenvalue weighted by Crippen LogP contribution is 2.30. The summed E-state index contributed by atoms with van der Waals surface area (Å²) in [5.74, 6) is -2.16. The second-order valence-corrected chi connectivity index (χ2v) is 7.57. The van der Waals surface area contributed by atoms with Gasteiger partial charge in [-0.15, -0.1) is 0 Å². The SMILES string of the molecule is NS(=O)(=O)c1cc(F)c(CN2COCC3=C2C2=NC(F)=NC2N=C3)c(F)c1. The number of fused-ring (bicyclic) bond motifs is 2. The van der Waals surface area contributed by atoms with Gasteiger partial charge in [0, 0.05) is 17.4 Å². The molecule has 2 N–H and O–H groups in total.